The molecule has 0 aliphatic heterocycles. The minimum absolute atomic E-state index is 0.0530. The van der Waals surface area contributed by atoms with Crippen molar-refractivity contribution in [1.82, 2.24) is 9.55 Å². The molecule has 5 rings (SSSR count). The summed E-state index contributed by atoms with van der Waals surface area (Å²) in [4.78, 5) is 29.6. The molecule has 158 valence electrons. The number of nitrogens with zero attached hydrogens (tertiary/aromatic N) is 2. The van der Waals surface area contributed by atoms with E-state index in [0.717, 1.165) is 5.39 Å². The summed E-state index contributed by atoms with van der Waals surface area (Å²) in [6.45, 7) is 0. The summed E-state index contributed by atoms with van der Waals surface area (Å²) in [6.07, 6.45) is 3.03. The number of para-hydroxylation sites is 1. The van der Waals surface area contributed by atoms with Crippen molar-refractivity contribution in [1.29, 1.82) is 0 Å². The predicted octanol–water partition coefficient (Wildman–Crippen LogP) is 3.46. The van der Waals surface area contributed by atoms with Gasteiger partial charge in [0.2, 0.25) is 0 Å². The molecule has 0 aliphatic rings. The van der Waals surface area contributed by atoms with Crippen LogP contribution < -0.4 is 21.1 Å². The average molecular weight is 442 g/mol. The highest BCUT2D eigenvalue weighted by molar-refractivity contribution is 7.71. The van der Waals surface area contributed by atoms with Crippen LogP contribution in [0.15, 0.2) is 102 Å². The van der Waals surface area contributed by atoms with Gasteiger partial charge in [-0.05, 0) is 36.4 Å². The molecule has 8 heteroatoms. The molecule has 0 bridgehead atoms. The molecular formula is C24H17N3O4P-. The van der Waals surface area contributed by atoms with E-state index in [1.54, 1.807) is 72.9 Å². The summed E-state index contributed by atoms with van der Waals surface area (Å²) in [5.41, 5.74) is 1.74. The van der Waals surface area contributed by atoms with Gasteiger partial charge in [-0.15, -0.1) is 0 Å². The zero-order chi connectivity index (χ0) is 22.1. The van der Waals surface area contributed by atoms with Gasteiger partial charge in [-0.25, -0.2) is 4.98 Å². The lowest BCUT2D eigenvalue weighted by molar-refractivity contribution is -0.167. The second-order valence-corrected chi connectivity index (χ2v) is 9.15. The van der Waals surface area contributed by atoms with Gasteiger partial charge in [0.05, 0.1) is 0 Å². The molecule has 0 saturated carbocycles. The lowest BCUT2D eigenvalue weighted by Crippen LogP contribution is -2.31. The molecule has 0 saturated heterocycles. The maximum atomic E-state index is 13.0. The third-order valence-electron chi connectivity index (χ3n) is 5.03. The predicted molar refractivity (Wildman–Crippen MR) is 121 cm³/mol. The number of benzene rings is 3. The Morgan fingerprint density at radius 2 is 1.69 bits per heavy atom. The number of amides is 1. The minimum Gasteiger partial charge on any atom is -0.790 e. The van der Waals surface area contributed by atoms with E-state index in [1.807, 2.05) is 18.2 Å². The number of aromatic nitrogens is 2. The maximum absolute atomic E-state index is 13.0. The number of nitrogens with one attached hydrogen (secondary N) is 1. The largest absolute Gasteiger partial charge is 0.790 e. The lowest BCUT2D eigenvalue weighted by Gasteiger charge is -2.24. The van der Waals surface area contributed by atoms with Crippen LogP contribution in [0.5, 0.6) is 0 Å². The SMILES string of the molecule is O=C(Nc1ccc(-n2ccnc2P(=O)([O-])c2ccccc2)cc1)c1cc2ccccc2o1. The molecule has 3 aromatic carbocycles. The summed E-state index contributed by atoms with van der Waals surface area (Å²) in [5, 5.41) is 3.83. The molecular weight excluding hydrogens is 425 g/mol. The van der Waals surface area contributed by atoms with Gasteiger partial charge in [-0.2, -0.15) is 0 Å². The van der Waals surface area contributed by atoms with Crippen molar-refractivity contribution in [2.24, 2.45) is 0 Å². The Hall–Kier alpha value is -3.93. The van der Waals surface area contributed by atoms with Crippen LogP contribution in [-0.2, 0) is 4.57 Å². The Kier molecular flexibility index (Phi) is 4.98. The molecule has 1 atom stereocenters. The second kappa shape index (κ2) is 7.96. The molecule has 2 heterocycles. The van der Waals surface area contributed by atoms with E-state index in [0.29, 0.717) is 17.0 Å². The van der Waals surface area contributed by atoms with Gasteiger partial charge in [0.1, 0.15) is 13.0 Å². The highest BCUT2D eigenvalue weighted by Crippen LogP contribution is 2.33. The Morgan fingerprint density at radius 1 is 0.969 bits per heavy atom. The normalized spacial score (nSPS) is 13.0. The first-order chi connectivity index (χ1) is 15.5. The number of carbonyl (C=O) groups excluding carboxylic acids is 1. The Bertz CT molecular complexity index is 1420. The van der Waals surface area contributed by atoms with Crippen LogP contribution in [-0.4, -0.2) is 15.5 Å². The van der Waals surface area contributed by atoms with E-state index in [4.69, 9.17) is 4.42 Å². The van der Waals surface area contributed by atoms with E-state index in [-0.39, 0.29) is 22.5 Å². The van der Waals surface area contributed by atoms with Crippen molar-refractivity contribution in [2.45, 2.75) is 0 Å². The van der Waals surface area contributed by atoms with E-state index in [9.17, 15) is 14.3 Å². The van der Waals surface area contributed by atoms with Gasteiger partial charge in [-0.1, -0.05) is 48.5 Å². The summed E-state index contributed by atoms with van der Waals surface area (Å²) in [5.74, 6) is -0.160. The van der Waals surface area contributed by atoms with Crippen LogP contribution in [0.1, 0.15) is 10.6 Å². The maximum Gasteiger partial charge on any atom is 0.291 e. The number of rotatable bonds is 5. The zero-order valence-corrected chi connectivity index (χ0v) is 17.6. The molecule has 7 nitrogen and oxygen atoms in total. The van der Waals surface area contributed by atoms with Crippen molar-refractivity contribution >= 4 is 40.8 Å². The van der Waals surface area contributed by atoms with Crippen molar-refractivity contribution in [3.05, 3.63) is 103 Å². The van der Waals surface area contributed by atoms with Gasteiger partial charge in [0, 0.05) is 34.5 Å². The summed E-state index contributed by atoms with van der Waals surface area (Å²) in [7, 11) is -4.12. The molecule has 1 unspecified atom stereocenters. The van der Waals surface area contributed by atoms with Crippen LogP contribution in [0.25, 0.3) is 16.7 Å². The smallest absolute Gasteiger partial charge is 0.291 e. The van der Waals surface area contributed by atoms with Gasteiger partial charge in [-0.3, -0.25) is 9.36 Å². The number of hydrogen-bond acceptors (Lipinski definition) is 5. The fourth-order valence-corrected chi connectivity index (χ4v) is 4.93. The van der Waals surface area contributed by atoms with Crippen molar-refractivity contribution in [3.63, 3.8) is 0 Å². The van der Waals surface area contributed by atoms with E-state index in [1.165, 1.54) is 10.8 Å². The Labute approximate surface area is 183 Å². The van der Waals surface area contributed by atoms with E-state index in [2.05, 4.69) is 10.3 Å². The van der Waals surface area contributed by atoms with Gasteiger partial charge < -0.3 is 19.2 Å². The third kappa shape index (κ3) is 3.64. The molecule has 0 spiro atoms. The number of fused-ring (bicyclic) bond motifs is 1. The molecule has 0 aliphatic carbocycles. The fraction of sp³-hybridized carbons (Fsp3) is 0. The van der Waals surface area contributed by atoms with Crippen molar-refractivity contribution in [3.8, 4) is 5.69 Å². The third-order valence-corrected chi connectivity index (χ3v) is 6.87. The first-order valence-corrected chi connectivity index (χ1v) is 11.5. The van der Waals surface area contributed by atoms with E-state index < -0.39 is 7.37 Å². The Morgan fingerprint density at radius 3 is 2.44 bits per heavy atom. The molecule has 1 amide bonds. The van der Waals surface area contributed by atoms with Crippen LogP contribution in [0, 0.1) is 0 Å². The highest BCUT2D eigenvalue weighted by atomic mass is 31.2. The van der Waals surface area contributed by atoms with Crippen molar-refractivity contribution in [2.75, 3.05) is 5.32 Å². The average Bonchev–Trinajstić information content (AvgIpc) is 3.48. The minimum atomic E-state index is -4.12. The first-order valence-electron chi connectivity index (χ1n) is 9.83. The molecule has 5 aromatic rings. The summed E-state index contributed by atoms with van der Waals surface area (Å²) in [6, 6.07) is 24.1. The Balaban J connectivity index is 1.38. The van der Waals surface area contributed by atoms with Crippen LogP contribution in [0.2, 0.25) is 0 Å². The molecule has 0 radical (unpaired) electrons. The van der Waals surface area contributed by atoms with E-state index >= 15 is 0 Å². The zero-order valence-electron chi connectivity index (χ0n) is 16.7. The van der Waals surface area contributed by atoms with Crippen LogP contribution in [0.3, 0.4) is 0 Å². The molecule has 1 N–H and O–H groups in total. The van der Waals surface area contributed by atoms with Crippen LogP contribution >= 0.6 is 7.37 Å². The quantitative estimate of drug-likeness (QED) is 0.420. The molecule has 2 aromatic heterocycles. The number of furan rings is 1. The lowest BCUT2D eigenvalue weighted by atomic mass is 10.2. The summed E-state index contributed by atoms with van der Waals surface area (Å²) >= 11 is 0. The monoisotopic (exact) mass is 442 g/mol. The standard InChI is InChI=1S/C24H18N3O4P/c28-23(22-16-17-6-4-5-9-21(17)31-22)26-18-10-12-19(13-11-18)27-15-14-25-24(27)32(29,30)20-7-2-1-3-8-20/h1-16H,(H,26,28)(H,29,30)/p-1. The van der Waals surface area contributed by atoms with Gasteiger partial charge in [0.15, 0.2) is 11.3 Å². The second-order valence-electron chi connectivity index (χ2n) is 7.13. The fourth-order valence-electron chi connectivity index (χ4n) is 3.45. The number of imidazole rings is 1. The molecule has 0 fully saturated rings. The highest BCUT2D eigenvalue weighted by Gasteiger charge is 2.20. The topological polar surface area (TPSA) is 100 Å². The van der Waals surface area contributed by atoms with Gasteiger partial charge >= 0.3 is 0 Å². The molecule has 32 heavy (non-hydrogen) atoms. The first kappa shape index (κ1) is 20.0. The number of hydrogen-bond donors (Lipinski definition) is 1. The summed E-state index contributed by atoms with van der Waals surface area (Å²) < 4.78 is 20.1. The van der Waals surface area contributed by atoms with Gasteiger partial charge in [0.25, 0.3) is 5.91 Å². The van der Waals surface area contributed by atoms with Crippen LogP contribution in [0.4, 0.5) is 5.69 Å². The van der Waals surface area contributed by atoms with Crippen molar-refractivity contribution < 1.29 is 18.7 Å². The number of carbonyl (C=O) groups is 1. The number of anilines is 1.